The van der Waals surface area contributed by atoms with Gasteiger partial charge in [0, 0.05) is 6.20 Å². The quantitative estimate of drug-likeness (QED) is 0.512. The van der Waals surface area contributed by atoms with Crippen molar-refractivity contribution in [3.05, 3.63) is 44.1 Å². The van der Waals surface area contributed by atoms with Crippen LogP contribution >= 0.6 is 39.1 Å². The van der Waals surface area contributed by atoms with Crippen LogP contribution in [0.25, 0.3) is 5.69 Å². The molecule has 22 heavy (non-hydrogen) atoms. The van der Waals surface area contributed by atoms with Gasteiger partial charge >= 0.3 is 12.4 Å². The second kappa shape index (κ2) is 5.61. The molecule has 2 nitrogen and oxygen atoms in total. The molecule has 0 aliphatic carbocycles. The van der Waals surface area contributed by atoms with Crippen LogP contribution in [0.2, 0.25) is 10.0 Å². The molecule has 0 amide bonds. The maximum atomic E-state index is 12.7. The Labute approximate surface area is 137 Å². The topological polar surface area (TPSA) is 17.8 Å². The third-order valence-electron chi connectivity index (χ3n) is 2.51. The zero-order valence-electron chi connectivity index (χ0n) is 10.0. The molecule has 0 spiro atoms. The molecule has 0 bridgehead atoms. The van der Waals surface area contributed by atoms with E-state index in [2.05, 4.69) is 21.0 Å². The van der Waals surface area contributed by atoms with E-state index in [1.54, 1.807) is 0 Å². The van der Waals surface area contributed by atoms with Crippen molar-refractivity contribution < 1.29 is 26.3 Å². The largest absolute Gasteiger partial charge is 0.436 e. The Morgan fingerprint density at radius 3 is 1.82 bits per heavy atom. The minimum absolute atomic E-state index is 0.285. The smallest absolute Gasteiger partial charge is 0.236 e. The molecule has 1 heterocycles. The Bertz CT molecular complexity index is 699. The van der Waals surface area contributed by atoms with E-state index in [0.29, 0.717) is 16.8 Å². The summed E-state index contributed by atoms with van der Waals surface area (Å²) in [6.07, 6.45) is -8.52. The fraction of sp³-hybridized carbons (Fsp3) is 0.182. The van der Waals surface area contributed by atoms with Gasteiger partial charge in [-0.15, -0.1) is 0 Å². The van der Waals surface area contributed by atoms with Gasteiger partial charge in [-0.25, -0.2) is 4.68 Å². The summed E-state index contributed by atoms with van der Waals surface area (Å²) >= 11 is 14.1. The second-order valence-electron chi connectivity index (χ2n) is 4.05. The predicted molar refractivity (Wildman–Crippen MR) is 71.3 cm³/mol. The Hall–Kier alpha value is -0.930. The highest BCUT2D eigenvalue weighted by atomic mass is 79.9. The van der Waals surface area contributed by atoms with Gasteiger partial charge in [0.25, 0.3) is 0 Å². The lowest BCUT2D eigenvalue weighted by molar-refractivity contribution is -0.142. The van der Waals surface area contributed by atoms with Crippen molar-refractivity contribution in [1.82, 2.24) is 9.78 Å². The van der Waals surface area contributed by atoms with Gasteiger partial charge in [-0.3, -0.25) is 0 Å². The van der Waals surface area contributed by atoms with E-state index in [1.165, 1.54) is 0 Å². The monoisotopic (exact) mass is 426 g/mol. The molecule has 0 aliphatic rings. The van der Waals surface area contributed by atoms with Crippen LogP contribution in [0.5, 0.6) is 0 Å². The molecule has 120 valence electrons. The van der Waals surface area contributed by atoms with Crippen molar-refractivity contribution in [2.24, 2.45) is 0 Å². The van der Waals surface area contributed by atoms with Crippen LogP contribution in [0.15, 0.2) is 22.8 Å². The van der Waals surface area contributed by atoms with E-state index in [1.807, 2.05) is 0 Å². The van der Waals surface area contributed by atoms with Crippen molar-refractivity contribution >= 4 is 39.1 Å². The van der Waals surface area contributed by atoms with Gasteiger partial charge in [-0.1, -0.05) is 23.2 Å². The number of alkyl halides is 6. The molecule has 0 atom stereocenters. The highest BCUT2D eigenvalue weighted by Crippen LogP contribution is 2.39. The Morgan fingerprint density at radius 2 is 1.45 bits per heavy atom. The second-order valence-corrected chi connectivity index (χ2v) is 5.72. The molecular weight excluding hydrogens is 425 g/mol. The van der Waals surface area contributed by atoms with E-state index in [-0.39, 0.29) is 5.69 Å². The highest BCUT2D eigenvalue weighted by Gasteiger charge is 2.37. The number of hydrogen-bond acceptors (Lipinski definition) is 1. The van der Waals surface area contributed by atoms with Crippen LogP contribution in [0, 0.1) is 0 Å². The van der Waals surface area contributed by atoms with Crippen LogP contribution in [0.3, 0.4) is 0 Å². The van der Waals surface area contributed by atoms with Crippen molar-refractivity contribution in [2.45, 2.75) is 12.4 Å². The Kier molecular flexibility index (Phi) is 4.44. The number of hydrogen-bond donors (Lipinski definition) is 0. The number of rotatable bonds is 1. The average Bonchev–Trinajstić information content (AvgIpc) is 2.68. The summed E-state index contributed by atoms with van der Waals surface area (Å²) in [4.78, 5) is 0. The number of halogens is 9. The zero-order chi connectivity index (χ0) is 16.9. The van der Waals surface area contributed by atoms with Crippen LogP contribution < -0.4 is 0 Å². The summed E-state index contributed by atoms with van der Waals surface area (Å²) in [5.41, 5.74) is -2.65. The van der Waals surface area contributed by atoms with E-state index >= 15 is 0 Å². The molecular formula is C11H3BrCl2F6N2. The maximum absolute atomic E-state index is 12.7. The molecule has 0 saturated carbocycles. The Morgan fingerprint density at radius 1 is 0.955 bits per heavy atom. The first-order chi connectivity index (χ1) is 9.91. The van der Waals surface area contributed by atoms with E-state index in [0.717, 1.165) is 6.20 Å². The van der Waals surface area contributed by atoms with Crippen molar-refractivity contribution in [1.29, 1.82) is 0 Å². The molecule has 1 aromatic heterocycles. The summed E-state index contributed by atoms with van der Waals surface area (Å²) in [5, 5.41) is 2.29. The van der Waals surface area contributed by atoms with Crippen molar-refractivity contribution in [3.63, 3.8) is 0 Å². The lowest BCUT2D eigenvalue weighted by Gasteiger charge is -2.12. The first kappa shape index (κ1) is 17.4. The first-order valence-electron chi connectivity index (χ1n) is 5.30. The predicted octanol–water partition coefficient (Wildman–Crippen LogP) is 5.98. The fourth-order valence-corrected chi connectivity index (χ4v) is 2.77. The molecule has 0 saturated heterocycles. The summed E-state index contributed by atoms with van der Waals surface area (Å²) in [6, 6.07) is 1.12. The minimum atomic E-state index is -4.74. The standard InChI is InChI=1S/C11H3BrCl2F6N2/c12-5-3-22(21-9(5)11(18,19)20)8-6(13)1-4(2-7(8)14)10(15,16)17/h1-3H. The van der Waals surface area contributed by atoms with Gasteiger partial charge in [0.15, 0.2) is 5.69 Å². The highest BCUT2D eigenvalue weighted by molar-refractivity contribution is 9.10. The van der Waals surface area contributed by atoms with Crippen LogP contribution in [0.1, 0.15) is 11.3 Å². The summed E-state index contributed by atoms with van der Waals surface area (Å²) < 4.78 is 76.1. The summed E-state index contributed by atoms with van der Waals surface area (Å²) in [5.74, 6) is 0. The third-order valence-corrected chi connectivity index (χ3v) is 3.67. The lowest BCUT2D eigenvalue weighted by atomic mass is 10.2. The van der Waals surface area contributed by atoms with Crippen LogP contribution in [-0.2, 0) is 12.4 Å². The van der Waals surface area contributed by atoms with Gasteiger partial charge in [-0.05, 0) is 28.1 Å². The fourth-order valence-electron chi connectivity index (χ4n) is 1.61. The molecule has 1 aromatic carbocycles. The maximum Gasteiger partial charge on any atom is 0.436 e. The molecule has 0 unspecified atom stereocenters. The molecule has 0 aliphatic heterocycles. The number of benzene rings is 1. The molecule has 2 aromatic rings. The summed E-state index contributed by atoms with van der Waals surface area (Å²) in [7, 11) is 0. The summed E-state index contributed by atoms with van der Waals surface area (Å²) in [6.45, 7) is 0. The van der Waals surface area contributed by atoms with Gasteiger partial charge in [0.2, 0.25) is 0 Å². The SMILES string of the molecule is FC(F)(F)c1cc(Cl)c(-n2cc(Br)c(C(F)(F)F)n2)c(Cl)c1. The van der Waals surface area contributed by atoms with Crippen molar-refractivity contribution in [3.8, 4) is 5.69 Å². The van der Waals surface area contributed by atoms with E-state index in [4.69, 9.17) is 23.2 Å². The van der Waals surface area contributed by atoms with Gasteiger partial charge in [-0.2, -0.15) is 31.4 Å². The molecule has 2 rings (SSSR count). The normalized spacial score (nSPS) is 12.8. The molecule has 11 heteroatoms. The Balaban J connectivity index is 2.60. The van der Waals surface area contributed by atoms with E-state index < -0.39 is 38.1 Å². The van der Waals surface area contributed by atoms with Crippen molar-refractivity contribution in [2.75, 3.05) is 0 Å². The lowest BCUT2D eigenvalue weighted by Crippen LogP contribution is -2.09. The van der Waals surface area contributed by atoms with Crippen LogP contribution in [0.4, 0.5) is 26.3 Å². The van der Waals surface area contributed by atoms with Gasteiger partial charge < -0.3 is 0 Å². The van der Waals surface area contributed by atoms with Gasteiger partial charge in [0.05, 0.1) is 20.1 Å². The molecule has 0 N–H and O–H groups in total. The minimum Gasteiger partial charge on any atom is -0.236 e. The molecule has 0 radical (unpaired) electrons. The average molecular weight is 428 g/mol. The number of aromatic nitrogens is 2. The first-order valence-corrected chi connectivity index (χ1v) is 6.85. The zero-order valence-corrected chi connectivity index (χ0v) is 13.1. The third kappa shape index (κ3) is 3.36. The molecule has 0 fully saturated rings. The van der Waals surface area contributed by atoms with E-state index in [9.17, 15) is 26.3 Å². The van der Waals surface area contributed by atoms with Gasteiger partial charge in [0.1, 0.15) is 5.69 Å². The number of nitrogens with zero attached hydrogens (tertiary/aromatic N) is 2. The van der Waals surface area contributed by atoms with Crippen LogP contribution in [-0.4, -0.2) is 9.78 Å².